The number of esters is 1. The molecule has 1 N–H and O–H groups in total. The molecule has 21 heavy (non-hydrogen) atoms. The predicted octanol–water partition coefficient (Wildman–Crippen LogP) is 2.97. The molecule has 0 saturated heterocycles. The molecule has 0 fully saturated rings. The van der Waals surface area contributed by atoms with Crippen molar-refractivity contribution in [3.63, 3.8) is 0 Å². The van der Waals surface area contributed by atoms with Crippen LogP contribution >= 0.6 is 0 Å². The van der Waals surface area contributed by atoms with E-state index < -0.39 is 14.3 Å². The van der Waals surface area contributed by atoms with Crippen LogP contribution in [0.5, 0.6) is 0 Å². The Morgan fingerprint density at radius 1 is 1.43 bits per heavy atom. The summed E-state index contributed by atoms with van der Waals surface area (Å²) in [4.78, 5) is 15.9. The highest BCUT2D eigenvalue weighted by atomic mass is 28.4. The van der Waals surface area contributed by atoms with Crippen molar-refractivity contribution in [2.45, 2.75) is 45.5 Å². The molecule has 6 nitrogen and oxygen atoms in total. The summed E-state index contributed by atoms with van der Waals surface area (Å²) in [7, 11) is -0.433. The summed E-state index contributed by atoms with van der Waals surface area (Å²) < 4.78 is 12.5. The molecule has 2 heterocycles. The zero-order chi connectivity index (χ0) is 15.8. The fourth-order valence-electron chi connectivity index (χ4n) is 1.68. The third-order valence-electron chi connectivity index (χ3n) is 4.09. The van der Waals surface area contributed by atoms with E-state index in [1.54, 1.807) is 10.6 Å². The number of imidazole rings is 1. The molecule has 0 amide bonds. The first-order valence-electron chi connectivity index (χ1n) is 6.93. The van der Waals surface area contributed by atoms with Crippen LogP contribution in [0.1, 0.15) is 37.0 Å². The number of rotatable bonds is 4. The van der Waals surface area contributed by atoms with Crippen LogP contribution in [0.25, 0.3) is 5.65 Å². The number of H-pyrrole nitrogens is 1. The van der Waals surface area contributed by atoms with E-state index >= 15 is 0 Å². The summed E-state index contributed by atoms with van der Waals surface area (Å²) in [6.07, 6.45) is 1.84. The molecule has 0 aliphatic heterocycles. The Balaban J connectivity index is 2.11. The van der Waals surface area contributed by atoms with Crippen molar-refractivity contribution in [3.8, 4) is 0 Å². The number of hydrogen-bond donors (Lipinski definition) is 1. The fraction of sp³-hybridized carbons (Fsp3) is 0.571. The van der Waals surface area contributed by atoms with E-state index in [1.165, 1.54) is 7.11 Å². The van der Waals surface area contributed by atoms with Gasteiger partial charge in [-0.05, 0) is 18.1 Å². The number of nitrogens with zero attached hydrogens (tertiary/aromatic N) is 2. The first-order chi connectivity index (χ1) is 9.64. The van der Waals surface area contributed by atoms with Gasteiger partial charge in [0.25, 0.3) is 0 Å². The second-order valence-electron chi connectivity index (χ2n) is 6.67. The molecule has 2 aromatic rings. The molecule has 2 aromatic heterocycles. The van der Waals surface area contributed by atoms with Gasteiger partial charge in [-0.3, -0.25) is 5.10 Å². The summed E-state index contributed by atoms with van der Waals surface area (Å²) in [5.41, 5.74) is 1.92. The average molecular weight is 309 g/mol. The molecule has 7 heteroatoms. The molecule has 0 aliphatic carbocycles. The Kier molecular flexibility index (Phi) is 3.99. The smallest absolute Gasteiger partial charge is 0.356 e. The van der Waals surface area contributed by atoms with Crippen LogP contribution in [0.3, 0.4) is 0 Å². The van der Waals surface area contributed by atoms with Gasteiger partial charge in [0.05, 0.1) is 25.6 Å². The quantitative estimate of drug-likeness (QED) is 0.696. The number of hydrogen-bond acceptors (Lipinski definition) is 4. The monoisotopic (exact) mass is 309 g/mol. The lowest BCUT2D eigenvalue weighted by molar-refractivity contribution is 0.0593. The van der Waals surface area contributed by atoms with E-state index in [0.29, 0.717) is 17.9 Å². The molecule has 0 spiro atoms. The zero-order valence-corrected chi connectivity index (χ0v) is 14.5. The minimum atomic E-state index is -1.78. The Hall–Kier alpha value is -1.60. The minimum absolute atomic E-state index is 0.172. The van der Waals surface area contributed by atoms with Gasteiger partial charge in [-0.15, -0.1) is 0 Å². The van der Waals surface area contributed by atoms with E-state index in [4.69, 9.17) is 4.43 Å². The van der Waals surface area contributed by atoms with Gasteiger partial charge in [0.15, 0.2) is 14.0 Å². The SMILES string of the molecule is COC(=O)c1cc2nc(CO[Si](C)(C)C(C)(C)C)cn2[nH]1. The summed E-state index contributed by atoms with van der Waals surface area (Å²) in [5, 5.41) is 3.10. The predicted molar refractivity (Wildman–Crippen MR) is 82.9 cm³/mol. The minimum Gasteiger partial charge on any atom is -0.464 e. The second-order valence-corrected chi connectivity index (χ2v) is 11.5. The highest BCUT2D eigenvalue weighted by molar-refractivity contribution is 6.74. The first kappa shape index (κ1) is 15.8. The number of methoxy groups -OCH3 is 1. The third kappa shape index (κ3) is 3.19. The third-order valence-corrected chi connectivity index (χ3v) is 8.57. The summed E-state index contributed by atoms with van der Waals surface area (Å²) in [6, 6.07) is 1.67. The molecule has 0 atom stereocenters. The van der Waals surface area contributed by atoms with Crippen LogP contribution < -0.4 is 0 Å². The molecule has 0 aromatic carbocycles. The molecule has 0 bridgehead atoms. The summed E-state index contributed by atoms with van der Waals surface area (Å²) >= 11 is 0. The Morgan fingerprint density at radius 3 is 2.62 bits per heavy atom. The van der Waals surface area contributed by atoms with Gasteiger partial charge >= 0.3 is 5.97 Å². The maximum atomic E-state index is 11.4. The largest absolute Gasteiger partial charge is 0.464 e. The fourth-order valence-corrected chi connectivity index (χ4v) is 2.62. The highest BCUT2D eigenvalue weighted by Gasteiger charge is 2.37. The van der Waals surface area contributed by atoms with Crippen LogP contribution in [-0.2, 0) is 15.8 Å². The first-order valence-corrected chi connectivity index (χ1v) is 9.84. The van der Waals surface area contributed by atoms with Crippen LogP contribution in [0.2, 0.25) is 18.1 Å². The van der Waals surface area contributed by atoms with Gasteiger partial charge in [-0.1, -0.05) is 20.8 Å². The van der Waals surface area contributed by atoms with Gasteiger partial charge in [-0.2, -0.15) is 0 Å². The van der Waals surface area contributed by atoms with Gasteiger partial charge in [0.2, 0.25) is 0 Å². The van der Waals surface area contributed by atoms with Gasteiger partial charge in [0.1, 0.15) is 5.69 Å². The van der Waals surface area contributed by atoms with E-state index in [0.717, 1.165) is 5.69 Å². The number of ether oxygens (including phenoxy) is 1. The molecule has 2 rings (SSSR count). The lowest BCUT2D eigenvalue weighted by atomic mass is 10.2. The van der Waals surface area contributed by atoms with E-state index in [2.05, 4.69) is 48.7 Å². The highest BCUT2D eigenvalue weighted by Crippen LogP contribution is 2.36. The topological polar surface area (TPSA) is 68.6 Å². The Morgan fingerprint density at radius 2 is 2.10 bits per heavy atom. The number of fused-ring (bicyclic) bond motifs is 1. The molecular weight excluding hydrogens is 286 g/mol. The van der Waals surface area contributed by atoms with Crippen molar-refractivity contribution in [1.82, 2.24) is 14.6 Å². The molecule has 0 aliphatic rings. The van der Waals surface area contributed by atoms with Crippen molar-refractivity contribution in [2.24, 2.45) is 0 Å². The van der Waals surface area contributed by atoms with Crippen LogP contribution in [0.15, 0.2) is 12.3 Å². The number of carbonyl (C=O) groups excluding carboxylic acids is 1. The maximum Gasteiger partial charge on any atom is 0.356 e. The van der Waals surface area contributed by atoms with Crippen LogP contribution in [0, 0.1) is 0 Å². The van der Waals surface area contributed by atoms with Crippen LogP contribution in [-0.4, -0.2) is 36.0 Å². The lowest BCUT2D eigenvalue weighted by Gasteiger charge is -2.35. The molecular formula is C14H23N3O3Si. The second kappa shape index (κ2) is 5.30. The standard InChI is InChI=1S/C14H23N3O3Si/c1-14(2,3)21(5,6)20-9-10-8-17-12(15-10)7-11(16-17)13(18)19-4/h7-8,16H,9H2,1-6H3. The lowest BCUT2D eigenvalue weighted by Crippen LogP contribution is -2.40. The van der Waals surface area contributed by atoms with Gasteiger partial charge < -0.3 is 9.16 Å². The number of aromatic amines is 1. The summed E-state index contributed by atoms with van der Waals surface area (Å²) in [5.74, 6) is -0.403. The maximum absolute atomic E-state index is 11.4. The normalized spacial score (nSPS) is 12.9. The Bertz CT molecular complexity index is 621. The molecule has 0 radical (unpaired) electrons. The number of nitrogens with one attached hydrogen (secondary N) is 1. The van der Waals surface area contributed by atoms with E-state index in [1.807, 2.05) is 6.20 Å². The average Bonchev–Trinajstić information content (AvgIpc) is 2.91. The van der Waals surface area contributed by atoms with Gasteiger partial charge in [0, 0.05) is 6.07 Å². The van der Waals surface area contributed by atoms with Crippen LogP contribution in [0.4, 0.5) is 0 Å². The van der Waals surface area contributed by atoms with Gasteiger partial charge in [-0.25, -0.2) is 14.3 Å². The van der Waals surface area contributed by atoms with Crippen molar-refractivity contribution < 1.29 is 14.0 Å². The van der Waals surface area contributed by atoms with Crippen molar-refractivity contribution in [1.29, 1.82) is 0 Å². The molecule has 116 valence electrons. The number of carbonyl (C=O) groups is 1. The van der Waals surface area contributed by atoms with Crippen molar-refractivity contribution >= 4 is 19.9 Å². The number of aromatic nitrogens is 3. The molecule has 0 saturated carbocycles. The van der Waals surface area contributed by atoms with E-state index in [-0.39, 0.29) is 5.04 Å². The van der Waals surface area contributed by atoms with E-state index in [9.17, 15) is 4.79 Å². The molecule has 0 unspecified atom stereocenters. The van der Waals surface area contributed by atoms with Crippen molar-refractivity contribution in [2.75, 3.05) is 7.11 Å². The Labute approximate surface area is 125 Å². The van der Waals surface area contributed by atoms with Crippen molar-refractivity contribution in [3.05, 3.63) is 23.7 Å². The summed E-state index contributed by atoms with van der Waals surface area (Å²) in [6.45, 7) is 11.5. The zero-order valence-electron chi connectivity index (χ0n) is 13.5.